The fraction of sp³-hybridized carbons (Fsp3) is 0.800. The minimum atomic E-state index is -1.07. The summed E-state index contributed by atoms with van der Waals surface area (Å²) in [5.41, 5.74) is 0. The van der Waals surface area contributed by atoms with Crippen LogP contribution in [0.5, 0.6) is 0 Å². The van der Waals surface area contributed by atoms with Gasteiger partial charge in [0.25, 0.3) is 0 Å². The second-order valence-corrected chi connectivity index (χ2v) is 3.98. The SMILES string of the molecule is COCC(NC(=O)NC(C)C(=O)O)C(C)C. The molecular formula is C10H20N2O4. The average molecular weight is 232 g/mol. The largest absolute Gasteiger partial charge is 0.480 e. The third-order valence-corrected chi connectivity index (χ3v) is 2.19. The number of hydrogen-bond acceptors (Lipinski definition) is 3. The summed E-state index contributed by atoms with van der Waals surface area (Å²) in [5.74, 6) is -0.853. The number of carboxylic acids is 1. The predicted octanol–water partition coefficient (Wildman–Crippen LogP) is 0.430. The van der Waals surface area contributed by atoms with Gasteiger partial charge >= 0.3 is 12.0 Å². The molecule has 6 nitrogen and oxygen atoms in total. The molecule has 0 aromatic rings. The molecule has 0 aliphatic carbocycles. The molecule has 3 N–H and O–H groups in total. The highest BCUT2D eigenvalue weighted by molar-refractivity contribution is 5.82. The second kappa shape index (κ2) is 7.05. The molecule has 0 aliphatic rings. The van der Waals surface area contributed by atoms with Crippen LogP contribution in [0.1, 0.15) is 20.8 Å². The van der Waals surface area contributed by atoms with Gasteiger partial charge in [0.15, 0.2) is 0 Å². The number of nitrogens with one attached hydrogen (secondary N) is 2. The van der Waals surface area contributed by atoms with Crippen molar-refractivity contribution in [1.82, 2.24) is 10.6 Å². The van der Waals surface area contributed by atoms with Gasteiger partial charge in [-0.15, -0.1) is 0 Å². The van der Waals surface area contributed by atoms with Crippen LogP contribution < -0.4 is 10.6 Å². The molecule has 0 aliphatic heterocycles. The Kier molecular flexibility index (Phi) is 6.48. The fourth-order valence-electron chi connectivity index (χ4n) is 1.05. The van der Waals surface area contributed by atoms with E-state index in [0.717, 1.165) is 0 Å². The molecule has 2 atom stereocenters. The average Bonchev–Trinajstić information content (AvgIpc) is 2.16. The summed E-state index contributed by atoms with van der Waals surface area (Å²) in [7, 11) is 1.55. The van der Waals surface area contributed by atoms with Gasteiger partial charge in [-0.3, -0.25) is 4.79 Å². The highest BCUT2D eigenvalue weighted by Crippen LogP contribution is 2.01. The van der Waals surface area contributed by atoms with Crippen LogP contribution in [0.25, 0.3) is 0 Å². The molecule has 0 aromatic heterocycles. The Morgan fingerprint density at radius 2 is 1.81 bits per heavy atom. The summed E-state index contributed by atoms with van der Waals surface area (Å²) in [6.45, 7) is 5.70. The van der Waals surface area contributed by atoms with E-state index in [9.17, 15) is 9.59 Å². The molecule has 0 saturated heterocycles. The van der Waals surface area contributed by atoms with Gasteiger partial charge in [-0.05, 0) is 12.8 Å². The van der Waals surface area contributed by atoms with Crippen LogP contribution in [-0.2, 0) is 9.53 Å². The Morgan fingerprint density at radius 3 is 2.19 bits per heavy atom. The molecule has 2 unspecified atom stereocenters. The van der Waals surface area contributed by atoms with E-state index in [4.69, 9.17) is 9.84 Å². The Bertz CT molecular complexity index is 243. The van der Waals surface area contributed by atoms with Gasteiger partial charge in [0.2, 0.25) is 0 Å². The summed E-state index contributed by atoms with van der Waals surface area (Å²) >= 11 is 0. The number of carbonyl (C=O) groups is 2. The molecule has 0 bridgehead atoms. The molecule has 0 saturated carbocycles. The van der Waals surface area contributed by atoms with Crippen LogP contribution in [-0.4, -0.2) is 42.9 Å². The summed E-state index contributed by atoms with van der Waals surface area (Å²) in [6, 6.07) is -1.54. The summed E-state index contributed by atoms with van der Waals surface area (Å²) in [6.07, 6.45) is 0. The maximum Gasteiger partial charge on any atom is 0.325 e. The van der Waals surface area contributed by atoms with Crippen molar-refractivity contribution in [3.05, 3.63) is 0 Å². The number of ether oxygens (including phenoxy) is 1. The van der Waals surface area contributed by atoms with Crippen LogP contribution in [0, 0.1) is 5.92 Å². The third-order valence-electron chi connectivity index (χ3n) is 2.19. The minimum Gasteiger partial charge on any atom is -0.480 e. The molecule has 16 heavy (non-hydrogen) atoms. The number of carboxylic acid groups (broad SMARTS) is 1. The summed E-state index contributed by atoms with van der Waals surface area (Å²) in [5, 5.41) is 13.6. The number of amides is 2. The van der Waals surface area contributed by atoms with Crippen molar-refractivity contribution in [3.8, 4) is 0 Å². The highest BCUT2D eigenvalue weighted by Gasteiger charge is 2.19. The highest BCUT2D eigenvalue weighted by atomic mass is 16.5. The zero-order valence-electron chi connectivity index (χ0n) is 10.1. The maximum atomic E-state index is 11.4. The standard InChI is InChI=1S/C10H20N2O4/c1-6(2)8(5-16-4)12-10(15)11-7(3)9(13)14/h6-8H,5H2,1-4H3,(H,13,14)(H2,11,12,15). The van der Waals surface area contributed by atoms with Crippen LogP contribution in [0.3, 0.4) is 0 Å². The van der Waals surface area contributed by atoms with Crippen molar-refractivity contribution in [3.63, 3.8) is 0 Å². The quantitative estimate of drug-likeness (QED) is 0.619. The Morgan fingerprint density at radius 1 is 1.25 bits per heavy atom. The molecule has 0 heterocycles. The molecule has 0 rings (SSSR count). The lowest BCUT2D eigenvalue weighted by Crippen LogP contribution is -2.50. The van der Waals surface area contributed by atoms with Gasteiger partial charge in [-0.25, -0.2) is 4.79 Å². The first-order chi connectivity index (χ1) is 7.38. The zero-order chi connectivity index (χ0) is 12.7. The van der Waals surface area contributed by atoms with Crippen LogP contribution in [0.15, 0.2) is 0 Å². The molecule has 6 heteroatoms. The van der Waals surface area contributed by atoms with Crippen molar-refractivity contribution < 1.29 is 19.4 Å². The fourth-order valence-corrected chi connectivity index (χ4v) is 1.05. The van der Waals surface area contributed by atoms with Crippen LogP contribution in [0.2, 0.25) is 0 Å². The summed E-state index contributed by atoms with van der Waals surface area (Å²) < 4.78 is 4.96. The normalized spacial score (nSPS) is 14.3. The van der Waals surface area contributed by atoms with Crippen molar-refractivity contribution in [1.29, 1.82) is 0 Å². The molecule has 0 aromatic carbocycles. The van der Waals surface area contributed by atoms with Gasteiger partial charge in [0, 0.05) is 7.11 Å². The number of urea groups is 1. The lowest BCUT2D eigenvalue weighted by Gasteiger charge is -2.22. The van der Waals surface area contributed by atoms with E-state index < -0.39 is 18.0 Å². The monoisotopic (exact) mass is 232 g/mol. The molecule has 2 amide bonds. The van der Waals surface area contributed by atoms with Crippen molar-refractivity contribution in [2.24, 2.45) is 5.92 Å². The number of methoxy groups -OCH3 is 1. The Hall–Kier alpha value is -1.30. The molecule has 0 fully saturated rings. The number of hydrogen-bond donors (Lipinski definition) is 3. The first kappa shape index (κ1) is 14.7. The first-order valence-corrected chi connectivity index (χ1v) is 5.17. The Balaban J connectivity index is 4.14. The van der Waals surface area contributed by atoms with E-state index >= 15 is 0 Å². The number of aliphatic carboxylic acids is 1. The van der Waals surface area contributed by atoms with Crippen LogP contribution in [0.4, 0.5) is 4.79 Å². The molecule has 0 radical (unpaired) electrons. The van der Waals surface area contributed by atoms with Gasteiger partial charge < -0.3 is 20.5 Å². The topological polar surface area (TPSA) is 87.7 Å². The zero-order valence-corrected chi connectivity index (χ0v) is 10.1. The van der Waals surface area contributed by atoms with Gasteiger partial charge in [-0.2, -0.15) is 0 Å². The molecule has 0 spiro atoms. The van der Waals surface area contributed by atoms with Gasteiger partial charge in [0.05, 0.1) is 12.6 Å². The predicted molar refractivity (Wildman–Crippen MR) is 59.3 cm³/mol. The Labute approximate surface area is 95.4 Å². The lowest BCUT2D eigenvalue weighted by molar-refractivity contribution is -0.138. The lowest BCUT2D eigenvalue weighted by atomic mass is 10.1. The van der Waals surface area contributed by atoms with Crippen molar-refractivity contribution >= 4 is 12.0 Å². The van der Waals surface area contributed by atoms with E-state index in [1.807, 2.05) is 13.8 Å². The van der Waals surface area contributed by atoms with E-state index in [-0.39, 0.29) is 12.0 Å². The second-order valence-electron chi connectivity index (χ2n) is 3.98. The van der Waals surface area contributed by atoms with Gasteiger partial charge in [-0.1, -0.05) is 13.8 Å². The first-order valence-electron chi connectivity index (χ1n) is 5.17. The molecular weight excluding hydrogens is 212 g/mol. The number of carbonyl (C=O) groups excluding carboxylic acids is 1. The van der Waals surface area contributed by atoms with E-state index in [1.54, 1.807) is 7.11 Å². The third kappa shape index (κ3) is 5.55. The summed E-state index contributed by atoms with van der Waals surface area (Å²) in [4.78, 5) is 21.9. The van der Waals surface area contributed by atoms with E-state index in [0.29, 0.717) is 6.61 Å². The molecule has 94 valence electrons. The van der Waals surface area contributed by atoms with E-state index in [2.05, 4.69) is 10.6 Å². The van der Waals surface area contributed by atoms with E-state index in [1.165, 1.54) is 6.92 Å². The van der Waals surface area contributed by atoms with Crippen molar-refractivity contribution in [2.45, 2.75) is 32.9 Å². The minimum absolute atomic E-state index is 0.133. The van der Waals surface area contributed by atoms with Gasteiger partial charge in [0.1, 0.15) is 6.04 Å². The smallest absolute Gasteiger partial charge is 0.325 e. The maximum absolute atomic E-state index is 11.4. The van der Waals surface area contributed by atoms with Crippen LogP contribution >= 0.6 is 0 Å². The number of rotatable bonds is 6. The van der Waals surface area contributed by atoms with Crippen molar-refractivity contribution in [2.75, 3.05) is 13.7 Å².